The fourth-order valence-corrected chi connectivity index (χ4v) is 4.59. The van der Waals surface area contributed by atoms with Crippen molar-refractivity contribution in [3.05, 3.63) is 77.4 Å². The lowest BCUT2D eigenvalue weighted by molar-refractivity contribution is 0.164. The van der Waals surface area contributed by atoms with Gasteiger partial charge >= 0.3 is 0 Å². The first kappa shape index (κ1) is 20.4. The molecule has 2 atom stereocenters. The molecule has 3 heterocycles. The van der Waals surface area contributed by atoms with E-state index in [1.54, 1.807) is 19.2 Å². The van der Waals surface area contributed by atoms with E-state index in [-0.39, 0.29) is 17.8 Å². The van der Waals surface area contributed by atoms with Gasteiger partial charge in [-0.3, -0.25) is 4.98 Å². The number of aryl methyl sites for hydroxylation is 1. The molecule has 0 amide bonds. The minimum Gasteiger partial charge on any atom is -0.508 e. The van der Waals surface area contributed by atoms with Crippen molar-refractivity contribution >= 4 is 17.3 Å². The molecule has 0 bridgehead atoms. The zero-order valence-electron chi connectivity index (χ0n) is 17.4. The number of aromatic nitrogens is 2. The molecule has 1 saturated heterocycles. The molecule has 0 aliphatic carbocycles. The Labute approximate surface area is 182 Å². The summed E-state index contributed by atoms with van der Waals surface area (Å²) in [5.41, 5.74) is 5.43. The standard InChI is InChI=1S/C23H26N4O2S/c1-15-14-19(16(2)27(15)17-7-9-18(28)10-8-17)22-21(20-6-4-5-11-24-20)25-23(30)26(22)12-13-29-3/h4-11,14,21-22,28H,12-13H2,1-3H3,(H,25,30)/t21-,22-/m0/s1. The van der Waals surface area contributed by atoms with E-state index >= 15 is 0 Å². The van der Waals surface area contributed by atoms with Crippen molar-refractivity contribution in [2.75, 3.05) is 20.3 Å². The lowest BCUT2D eigenvalue weighted by Gasteiger charge is -2.28. The highest BCUT2D eigenvalue weighted by Gasteiger charge is 2.41. The second kappa shape index (κ2) is 8.45. The maximum absolute atomic E-state index is 9.67. The summed E-state index contributed by atoms with van der Waals surface area (Å²) in [5.74, 6) is 0.257. The van der Waals surface area contributed by atoms with E-state index < -0.39 is 0 Å². The first-order valence-corrected chi connectivity index (χ1v) is 10.4. The van der Waals surface area contributed by atoms with Gasteiger partial charge in [-0.05, 0) is 74.1 Å². The Morgan fingerprint density at radius 1 is 1.17 bits per heavy atom. The molecule has 1 aliphatic rings. The zero-order chi connectivity index (χ0) is 21.3. The van der Waals surface area contributed by atoms with Gasteiger partial charge in [0.2, 0.25) is 0 Å². The number of pyridine rings is 1. The highest BCUT2D eigenvalue weighted by molar-refractivity contribution is 7.80. The Balaban J connectivity index is 1.81. The first-order valence-electron chi connectivity index (χ1n) is 9.96. The van der Waals surface area contributed by atoms with Gasteiger partial charge in [-0.2, -0.15) is 0 Å². The van der Waals surface area contributed by atoms with Gasteiger partial charge in [-0.1, -0.05) is 6.07 Å². The Morgan fingerprint density at radius 2 is 1.93 bits per heavy atom. The fourth-order valence-electron chi connectivity index (χ4n) is 4.26. The van der Waals surface area contributed by atoms with Crippen LogP contribution in [0.3, 0.4) is 0 Å². The van der Waals surface area contributed by atoms with Crippen molar-refractivity contribution in [2.24, 2.45) is 0 Å². The maximum Gasteiger partial charge on any atom is 0.170 e. The number of benzene rings is 1. The average molecular weight is 423 g/mol. The quantitative estimate of drug-likeness (QED) is 0.589. The van der Waals surface area contributed by atoms with Crippen LogP contribution in [0, 0.1) is 13.8 Å². The summed E-state index contributed by atoms with van der Waals surface area (Å²) in [6.45, 7) is 5.50. The zero-order valence-corrected chi connectivity index (χ0v) is 18.2. The van der Waals surface area contributed by atoms with Crippen molar-refractivity contribution < 1.29 is 9.84 Å². The molecule has 156 valence electrons. The second-order valence-corrected chi connectivity index (χ2v) is 7.88. The van der Waals surface area contributed by atoms with Crippen molar-refractivity contribution in [3.8, 4) is 11.4 Å². The van der Waals surface area contributed by atoms with Crippen molar-refractivity contribution in [3.63, 3.8) is 0 Å². The van der Waals surface area contributed by atoms with Crippen LogP contribution in [0.5, 0.6) is 5.75 Å². The summed E-state index contributed by atoms with van der Waals surface area (Å²) < 4.78 is 7.55. The van der Waals surface area contributed by atoms with Crippen LogP contribution in [0.15, 0.2) is 54.7 Å². The summed E-state index contributed by atoms with van der Waals surface area (Å²) >= 11 is 5.70. The van der Waals surface area contributed by atoms with E-state index in [1.165, 1.54) is 5.56 Å². The van der Waals surface area contributed by atoms with Gasteiger partial charge in [0.25, 0.3) is 0 Å². The highest BCUT2D eigenvalue weighted by atomic mass is 32.1. The summed E-state index contributed by atoms with van der Waals surface area (Å²) in [6.07, 6.45) is 1.81. The minimum atomic E-state index is -0.0516. The molecule has 2 N–H and O–H groups in total. The summed E-state index contributed by atoms with van der Waals surface area (Å²) in [5, 5.41) is 13.9. The lowest BCUT2D eigenvalue weighted by atomic mass is 9.97. The Kier molecular flexibility index (Phi) is 5.74. The van der Waals surface area contributed by atoms with Gasteiger partial charge in [-0.15, -0.1) is 0 Å². The number of nitrogens with one attached hydrogen (secondary N) is 1. The van der Waals surface area contributed by atoms with Crippen LogP contribution in [-0.2, 0) is 4.74 Å². The number of phenols is 1. The van der Waals surface area contributed by atoms with Gasteiger partial charge in [0.15, 0.2) is 5.11 Å². The molecule has 0 radical (unpaired) electrons. The molecule has 0 saturated carbocycles. The lowest BCUT2D eigenvalue weighted by Crippen LogP contribution is -2.32. The average Bonchev–Trinajstić information content (AvgIpc) is 3.23. The number of hydrogen-bond acceptors (Lipinski definition) is 4. The van der Waals surface area contributed by atoms with E-state index in [4.69, 9.17) is 17.0 Å². The predicted molar refractivity (Wildman–Crippen MR) is 121 cm³/mol. The van der Waals surface area contributed by atoms with Gasteiger partial charge in [0, 0.05) is 36.9 Å². The van der Waals surface area contributed by atoms with Crippen LogP contribution in [0.1, 0.15) is 34.7 Å². The molecule has 30 heavy (non-hydrogen) atoms. The number of rotatable bonds is 6. The van der Waals surface area contributed by atoms with Gasteiger partial charge in [0.05, 0.1) is 24.4 Å². The molecule has 1 aliphatic heterocycles. The molecular weight excluding hydrogens is 396 g/mol. The number of thiocarbonyl (C=S) groups is 1. The number of ether oxygens (including phenoxy) is 1. The Hall–Kier alpha value is -2.90. The van der Waals surface area contributed by atoms with Crippen LogP contribution < -0.4 is 5.32 Å². The van der Waals surface area contributed by atoms with Crippen LogP contribution in [0.2, 0.25) is 0 Å². The predicted octanol–water partition coefficient (Wildman–Crippen LogP) is 3.81. The molecule has 0 unspecified atom stereocenters. The summed E-state index contributed by atoms with van der Waals surface area (Å²) in [7, 11) is 1.70. The normalized spacial score (nSPS) is 18.6. The Bertz CT molecular complexity index is 1030. The second-order valence-electron chi connectivity index (χ2n) is 7.49. The topological polar surface area (TPSA) is 62.5 Å². The number of hydrogen-bond donors (Lipinski definition) is 2. The molecule has 7 heteroatoms. The van der Waals surface area contributed by atoms with Crippen LogP contribution >= 0.6 is 12.2 Å². The van der Waals surface area contributed by atoms with E-state index in [2.05, 4.69) is 39.7 Å². The van der Waals surface area contributed by atoms with E-state index in [9.17, 15) is 5.11 Å². The fraction of sp³-hybridized carbons (Fsp3) is 0.304. The summed E-state index contributed by atoms with van der Waals surface area (Å²) in [4.78, 5) is 6.79. The number of nitrogens with zero attached hydrogens (tertiary/aromatic N) is 3. The molecule has 1 fully saturated rings. The van der Waals surface area contributed by atoms with Crippen molar-refractivity contribution in [2.45, 2.75) is 25.9 Å². The van der Waals surface area contributed by atoms with Crippen LogP contribution in [0.25, 0.3) is 5.69 Å². The third kappa shape index (κ3) is 3.66. The minimum absolute atomic E-state index is 0.000356. The van der Waals surface area contributed by atoms with Crippen molar-refractivity contribution in [1.29, 1.82) is 0 Å². The van der Waals surface area contributed by atoms with Crippen LogP contribution in [-0.4, -0.2) is 44.9 Å². The largest absolute Gasteiger partial charge is 0.508 e. The van der Waals surface area contributed by atoms with E-state index in [1.807, 2.05) is 36.5 Å². The smallest absolute Gasteiger partial charge is 0.170 e. The highest BCUT2D eigenvalue weighted by Crippen LogP contribution is 2.41. The van der Waals surface area contributed by atoms with Gasteiger partial charge in [0.1, 0.15) is 5.75 Å². The number of phenolic OH excluding ortho intramolecular Hbond substituents is 1. The summed E-state index contributed by atoms with van der Waals surface area (Å²) in [6, 6.07) is 15.4. The molecule has 6 nitrogen and oxygen atoms in total. The molecule has 2 aromatic heterocycles. The SMILES string of the molecule is COCCN1C(=S)N[C@@H](c2ccccn2)[C@@H]1c1cc(C)n(-c2ccc(O)cc2)c1C. The molecule has 4 rings (SSSR count). The molecular formula is C23H26N4O2S. The maximum atomic E-state index is 9.67. The Morgan fingerprint density at radius 3 is 2.60 bits per heavy atom. The van der Waals surface area contributed by atoms with E-state index in [0.29, 0.717) is 18.3 Å². The molecule has 0 spiro atoms. The first-order chi connectivity index (χ1) is 14.5. The number of methoxy groups -OCH3 is 1. The monoisotopic (exact) mass is 422 g/mol. The third-order valence-electron chi connectivity index (χ3n) is 5.63. The molecule has 1 aromatic carbocycles. The van der Waals surface area contributed by atoms with Gasteiger partial charge < -0.3 is 24.6 Å². The third-order valence-corrected chi connectivity index (χ3v) is 5.98. The van der Waals surface area contributed by atoms with Gasteiger partial charge in [-0.25, -0.2) is 0 Å². The number of aromatic hydroxyl groups is 1. The van der Waals surface area contributed by atoms with E-state index in [0.717, 1.165) is 22.8 Å². The van der Waals surface area contributed by atoms with Crippen molar-refractivity contribution in [1.82, 2.24) is 19.8 Å². The van der Waals surface area contributed by atoms with Crippen LogP contribution in [0.4, 0.5) is 0 Å². The molecule has 3 aromatic rings.